The van der Waals surface area contributed by atoms with E-state index in [1.165, 1.54) is 0 Å². The average molecular weight is 320 g/mol. The van der Waals surface area contributed by atoms with Gasteiger partial charge in [-0.2, -0.15) is 0 Å². The Balaban J connectivity index is 2.33. The lowest BCUT2D eigenvalue weighted by Gasteiger charge is -2.16. The fourth-order valence-electron chi connectivity index (χ4n) is 2.02. The van der Waals surface area contributed by atoms with Gasteiger partial charge in [0, 0.05) is 0 Å². The number of fused-ring (bicyclic) bond motifs is 1. The van der Waals surface area contributed by atoms with E-state index in [9.17, 15) is 14.7 Å². The quantitative estimate of drug-likeness (QED) is 0.759. The standard InChI is InChI=1S/C14H12N2O3S2/c1-14(2,19)11-10(20-13(18)21-11)9-12(17)16-8-6-4-3-5-7(8)15-9/h3-6,19H,1-2H3,(H,16,17). The molecule has 21 heavy (non-hydrogen) atoms. The predicted molar refractivity (Wildman–Crippen MR) is 85.1 cm³/mol. The summed E-state index contributed by atoms with van der Waals surface area (Å²) in [6.07, 6.45) is 0. The summed E-state index contributed by atoms with van der Waals surface area (Å²) < 4.78 is -0.170. The van der Waals surface area contributed by atoms with Gasteiger partial charge in [-0.05, 0) is 26.0 Å². The molecular formula is C14H12N2O3S2. The lowest BCUT2D eigenvalue weighted by molar-refractivity contribution is 0.0832. The molecule has 0 aliphatic carbocycles. The largest absolute Gasteiger partial charge is 0.385 e. The number of para-hydroxylation sites is 2. The third kappa shape index (κ3) is 2.55. The third-order valence-electron chi connectivity index (χ3n) is 2.95. The van der Waals surface area contributed by atoms with Gasteiger partial charge in [0.05, 0.1) is 26.4 Å². The van der Waals surface area contributed by atoms with Gasteiger partial charge in [0.25, 0.3) is 9.62 Å². The highest BCUT2D eigenvalue weighted by atomic mass is 32.2. The van der Waals surface area contributed by atoms with Gasteiger partial charge in [0.2, 0.25) is 0 Å². The van der Waals surface area contributed by atoms with Gasteiger partial charge in [-0.3, -0.25) is 9.59 Å². The molecule has 0 aliphatic heterocycles. The van der Waals surface area contributed by atoms with Gasteiger partial charge in [-0.1, -0.05) is 34.8 Å². The van der Waals surface area contributed by atoms with Crippen molar-refractivity contribution in [2.45, 2.75) is 19.4 Å². The summed E-state index contributed by atoms with van der Waals surface area (Å²) in [4.78, 5) is 31.9. The van der Waals surface area contributed by atoms with Crippen LogP contribution in [0.25, 0.3) is 21.6 Å². The summed E-state index contributed by atoms with van der Waals surface area (Å²) in [5.74, 6) is 0. The maximum Gasteiger partial charge on any atom is 0.288 e. The second-order valence-corrected chi connectivity index (χ2v) is 7.33. The molecule has 2 aromatic heterocycles. The maximum atomic E-state index is 12.2. The zero-order valence-electron chi connectivity index (χ0n) is 11.3. The van der Waals surface area contributed by atoms with E-state index in [0.717, 1.165) is 22.7 Å². The van der Waals surface area contributed by atoms with Gasteiger partial charge in [-0.25, -0.2) is 4.98 Å². The summed E-state index contributed by atoms with van der Waals surface area (Å²) in [5.41, 5.74) is -0.112. The van der Waals surface area contributed by atoms with E-state index < -0.39 is 5.60 Å². The molecule has 0 atom stereocenters. The molecule has 0 radical (unpaired) electrons. The zero-order chi connectivity index (χ0) is 15.2. The highest BCUT2D eigenvalue weighted by Crippen LogP contribution is 2.34. The van der Waals surface area contributed by atoms with E-state index in [1.54, 1.807) is 26.0 Å². The maximum absolute atomic E-state index is 12.2. The number of benzene rings is 1. The number of rotatable bonds is 2. The molecule has 3 aromatic rings. The number of H-pyrrole nitrogens is 1. The van der Waals surface area contributed by atoms with E-state index in [4.69, 9.17) is 0 Å². The minimum absolute atomic E-state index is 0.170. The van der Waals surface area contributed by atoms with Crippen LogP contribution in [-0.4, -0.2) is 15.1 Å². The van der Waals surface area contributed by atoms with Crippen molar-refractivity contribution in [2.24, 2.45) is 0 Å². The molecule has 5 nitrogen and oxygen atoms in total. The molecule has 0 saturated heterocycles. The Hall–Kier alpha value is -1.83. The highest BCUT2D eigenvalue weighted by Gasteiger charge is 2.27. The zero-order valence-corrected chi connectivity index (χ0v) is 13.0. The monoisotopic (exact) mass is 320 g/mol. The van der Waals surface area contributed by atoms with Crippen LogP contribution >= 0.6 is 22.7 Å². The van der Waals surface area contributed by atoms with Crippen LogP contribution in [0.5, 0.6) is 0 Å². The second kappa shape index (κ2) is 4.87. The third-order valence-corrected chi connectivity index (χ3v) is 5.42. The van der Waals surface area contributed by atoms with E-state index in [-0.39, 0.29) is 15.3 Å². The smallest absolute Gasteiger partial charge is 0.288 e. The summed E-state index contributed by atoms with van der Waals surface area (Å²) in [7, 11) is 0. The van der Waals surface area contributed by atoms with Crippen molar-refractivity contribution in [3.05, 3.63) is 48.3 Å². The topological polar surface area (TPSA) is 83.0 Å². The number of aromatic amines is 1. The molecule has 0 spiro atoms. The Morgan fingerprint density at radius 2 is 1.90 bits per heavy atom. The van der Waals surface area contributed by atoms with Crippen LogP contribution in [0.15, 0.2) is 33.9 Å². The summed E-state index contributed by atoms with van der Waals surface area (Å²) in [6, 6.07) is 7.18. The minimum Gasteiger partial charge on any atom is -0.385 e. The molecule has 0 saturated carbocycles. The number of hydrogen-bond acceptors (Lipinski definition) is 6. The van der Waals surface area contributed by atoms with Crippen LogP contribution in [0.2, 0.25) is 0 Å². The van der Waals surface area contributed by atoms with E-state index in [0.29, 0.717) is 20.8 Å². The first kappa shape index (κ1) is 14.1. The number of nitrogens with one attached hydrogen (secondary N) is 1. The summed E-state index contributed by atoms with van der Waals surface area (Å²) >= 11 is 1.89. The first-order chi connectivity index (χ1) is 9.86. The van der Waals surface area contributed by atoms with Crippen LogP contribution in [0.3, 0.4) is 0 Å². The minimum atomic E-state index is -1.20. The molecule has 2 N–H and O–H groups in total. The average Bonchev–Trinajstić information content (AvgIpc) is 2.80. The second-order valence-electron chi connectivity index (χ2n) is 5.10. The molecular weight excluding hydrogens is 308 g/mol. The van der Waals surface area contributed by atoms with Gasteiger partial charge in [0.1, 0.15) is 5.69 Å². The van der Waals surface area contributed by atoms with Crippen molar-refractivity contribution in [2.75, 3.05) is 0 Å². The molecule has 0 amide bonds. The number of aliphatic hydroxyl groups is 1. The van der Waals surface area contributed by atoms with Crippen LogP contribution < -0.4 is 9.62 Å². The number of hydrogen-bond donors (Lipinski definition) is 2. The molecule has 3 rings (SSSR count). The van der Waals surface area contributed by atoms with E-state index >= 15 is 0 Å². The summed E-state index contributed by atoms with van der Waals surface area (Å²) in [5, 5.41) is 10.2. The van der Waals surface area contributed by atoms with Gasteiger partial charge in [-0.15, -0.1) is 0 Å². The molecule has 7 heteroatoms. The first-order valence-corrected chi connectivity index (χ1v) is 7.86. The number of aromatic nitrogens is 2. The van der Waals surface area contributed by atoms with Crippen molar-refractivity contribution >= 4 is 33.7 Å². The Kier molecular flexibility index (Phi) is 3.27. The van der Waals surface area contributed by atoms with E-state index in [1.807, 2.05) is 12.1 Å². The Morgan fingerprint density at radius 3 is 2.62 bits per heavy atom. The highest BCUT2D eigenvalue weighted by molar-refractivity contribution is 7.29. The SMILES string of the molecule is CC(C)(O)c1sc(=O)sc1-c1nc2ccccc2[nH]c1=O. The van der Waals surface area contributed by atoms with Crippen LogP contribution in [-0.2, 0) is 5.60 Å². The van der Waals surface area contributed by atoms with Crippen LogP contribution in [0, 0.1) is 0 Å². The van der Waals surface area contributed by atoms with Crippen molar-refractivity contribution < 1.29 is 5.11 Å². The normalized spacial score (nSPS) is 12.0. The number of nitrogens with zero attached hydrogens (tertiary/aromatic N) is 1. The summed E-state index contributed by atoms with van der Waals surface area (Å²) in [6.45, 7) is 3.17. The van der Waals surface area contributed by atoms with Crippen molar-refractivity contribution in [3.63, 3.8) is 0 Å². The molecule has 0 fully saturated rings. The lowest BCUT2D eigenvalue weighted by atomic mass is 10.1. The fourth-order valence-corrected chi connectivity index (χ4v) is 4.29. The Bertz CT molecular complexity index is 932. The molecule has 2 heterocycles. The van der Waals surface area contributed by atoms with E-state index in [2.05, 4.69) is 9.97 Å². The van der Waals surface area contributed by atoms with Crippen molar-refractivity contribution in [3.8, 4) is 10.6 Å². The van der Waals surface area contributed by atoms with Crippen molar-refractivity contribution in [1.29, 1.82) is 0 Å². The molecule has 0 bridgehead atoms. The van der Waals surface area contributed by atoms with Crippen molar-refractivity contribution in [1.82, 2.24) is 9.97 Å². The van der Waals surface area contributed by atoms with Crippen LogP contribution in [0.1, 0.15) is 18.7 Å². The van der Waals surface area contributed by atoms with Gasteiger partial charge >= 0.3 is 0 Å². The molecule has 0 aliphatic rings. The fraction of sp³-hybridized carbons (Fsp3) is 0.214. The predicted octanol–water partition coefficient (Wildman–Crippen LogP) is 2.30. The molecule has 0 unspecified atom stereocenters. The van der Waals surface area contributed by atoms with Crippen LogP contribution in [0.4, 0.5) is 0 Å². The van der Waals surface area contributed by atoms with Gasteiger partial charge < -0.3 is 10.1 Å². The van der Waals surface area contributed by atoms with Gasteiger partial charge in [0.15, 0.2) is 0 Å². The first-order valence-electron chi connectivity index (χ1n) is 6.22. The molecule has 1 aromatic carbocycles. The molecule has 108 valence electrons. The lowest BCUT2D eigenvalue weighted by Crippen LogP contribution is -2.17. The Labute approximate surface area is 127 Å². The Morgan fingerprint density at radius 1 is 1.19 bits per heavy atom.